The molecule has 1 aliphatic rings. The van der Waals surface area contributed by atoms with Crippen LogP contribution in [0.15, 0.2) is 36.4 Å². The molecule has 0 aliphatic carbocycles. The zero-order valence-electron chi connectivity index (χ0n) is 22.2. The molecule has 8 nitrogen and oxygen atoms in total. The van der Waals surface area contributed by atoms with Gasteiger partial charge in [0, 0.05) is 12.6 Å². The molecule has 2 atom stereocenters. The monoisotopic (exact) mass is 736 g/mol. The molecular formula is C25H22F9IN6O2. The van der Waals surface area contributed by atoms with Crippen molar-refractivity contribution < 1.29 is 49.0 Å². The molecule has 4 rings (SSSR count). The van der Waals surface area contributed by atoms with Crippen LogP contribution in [-0.4, -0.2) is 37.2 Å². The molecule has 1 amide bonds. The highest BCUT2D eigenvalue weighted by Crippen LogP contribution is 2.46. The van der Waals surface area contributed by atoms with Crippen LogP contribution in [0.2, 0.25) is 0 Å². The van der Waals surface area contributed by atoms with Crippen molar-refractivity contribution in [2.75, 3.05) is 16.4 Å². The van der Waals surface area contributed by atoms with E-state index in [1.807, 2.05) is 0 Å². The Kier molecular flexibility index (Phi) is 9.09. The largest absolute Gasteiger partial charge is 0.449 e. The van der Waals surface area contributed by atoms with Crippen LogP contribution in [0.1, 0.15) is 60.5 Å². The highest BCUT2D eigenvalue weighted by Gasteiger charge is 2.43. The number of tetrazole rings is 1. The zero-order valence-corrected chi connectivity index (χ0v) is 24.4. The molecule has 0 N–H and O–H groups in total. The molecule has 0 fully saturated rings. The van der Waals surface area contributed by atoms with Crippen molar-refractivity contribution in [2.24, 2.45) is 0 Å². The minimum Gasteiger partial charge on any atom is -0.449 e. The number of carbonyl (C=O) groups is 1. The van der Waals surface area contributed by atoms with Gasteiger partial charge in [-0.3, -0.25) is 4.90 Å². The number of amides is 1. The first-order chi connectivity index (χ1) is 19.9. The van der Waals surface area contributed by atoms with Crippen LogP contribution < -0.4 is 9.80 Å². The second-order valence-corrected chi connectivity index (χ2v) is 10.4. The third-order valence-electron chi connectivity index (χ3n) is 6.78. The fourth-order valence-electron chi connectivity index (χ4n) is 4.92. The number of alkyl halides is 9. The van der Waals surface area contributed by atoms with Gasteiger partial charge in [-0.1, -0.05) is 15.0 Å². The third-order valence-corrected chi connectivity index (χ3v) is 7.19. The topological polar surface area (TPSA) is 76.4 Å². The number of nitrogens with zero attached hydrogens (tertiary/aromatic N) is 6. The Morgan fingerprint density at radius 2 is 1.56 bits per heavy atom. The Bertz CT molecular complexity index is 1440. The van der Waals surface area contributed by atoms with Gasteiger partial charge in [-0.15, -0.1) is 5.10 Å². The Labute approximate surface area is 252 Å². The van der Waals surface area contributed by atoms with Gasteiger partial charge in [0.05, 0.1) is 35.0 Å². The maximum Gasteiger partial charge on any atom is 0.416 e. The molecule has 2 aromatic carbocycles. The molecule has 0 unspecified atom stereocenters. The first-order valence-corrected chi connectivity index (χ1v) is 13.6. The number of benzene rings is 2. The average Bonchev–Trinajstić information content (AvgIpc) is 3.34. The molecule has 0 saturated carbocycles. The highest BCUT2D eigenvalue weighted by atomic mass is 127. The molecule has 0 spiro atoms. The smallest absolute Gasteiger partial charge is 0.416 e. The van der Waals surface area contributed by atoms with Gasteiger partial charge >= 0.3 is 24.6 Å². The van der Waals surface area contributed by atoms with E-state index in [0.29, 0.717) is 12.1 Å². The molecule has 1 aromatic heterocycles. The summed E-state index contributed by atoms with van der Waals surface area (Å²) in [5.41, 5.74) is -4.72. The Morgan fingerprint density at radius 3 is 2.05 bits per heavy atom. The predicted octanol–water partition coefficient (Wildman–Crippen LogP) is 7.82. The summed E-state index contributed by atoms with van der Waals surface area (Å²) in [4.78, 5) is 15.3. The molecule has 43 heavy (non-hydrogen) atoms. The van der Waals surface area contributed by atoms with E-state index in [1.165, 1.54) is 9.80 Å². The van der Waals surface area contributed by atoms with E-state index < -0.39 is 65.5 Å². The van der Waals surface area contributed by atoms with E-state index in [9.17, 15) is 44.3 Å². The Hall–Kier alpha value is -3.32. The van der Waals surface area contributed by atoms with Crippen molar-refractivity contribution in [1.82, 2.24) is 18.4 Å². The summed E-state index contributed by atoms with van der Waals surface area (Å²) in [7, 11) is 0. The quantitative estimate of drug-likeness (QED) is 0.190. The summed E-state index contributed by atoms with van der Waals surface area (Å²) in [6.45, 7) is 2.54. The molecule has 0 radical (unpaired) electrons. The number of carbonyl (C=O) groups excluding carboxylic acids is 1. The number of rotatable bonds is 6. The summed E-state index contributed by atoms with van der Waals surface area (Å²) in [6.07, 6.45) is -15.7. The summed E-state index contributed by atoms with van der Waals surface area (Å²) in [6, 6.07) is 1.83. The highest BCUT2D eigenvalue weighted by molar-refractivity contribution is 14.1. The summed E-state index contributed by atoms with van der Waals surface area (Å²) in [5.74, 6) is -0.270. The van der Waals surface area contributed by atoms with Crippen LogP contribution >= 0.6 is 22.9 Å². The lowest BCUT2D eigenvalue weighted by Crippen LogP contribution is -2.48. The number of hydrogen-bond acceptors (Lipinski definition) is 6. The maximum atomic E-state index is 13.8. The van der Waals surface area contributed by atoms with E-state index in [-0.39, 0.29) is 42.7 Å². The number of hydrogen-bond donors (Lipinski definition) is 0. The van der Waals surface area contributed by atoms with E-state index >= 15 is 0 Å². The molecular weight excluding hydrogens is 714 g/mol. The van der Waals surface area contributed by atoms with Crippen molar-refractivity contribution in [2.45, 2.75) is 63.8 Å². The van der Waals surface area contributed by atoms with Crippen molar-refractivity contribution >= 4 is 40.6 Å². The lowest BCUT2D eigenvalue weighted by molar-refractivity contribution is -0.143. The number of fused-ring (bicyclic) bond motifs is 1. The van der Waals surface area contributed by atoms with Crippen LogP contribution in [0, 0.1) is 0 Å². The standard InChI is InChI=1S/C25H22F9IN6O2/c1-3-17-11-20(18-10-14(23(26,27)28)5-6-19(18)40(17)22(42)43-4-2)39(21-36-38-41(35)37-21)12-13-7-15(24(29,30)31)9-16(8-13)25(32,33)34/h5-10,17,20H,3-4,11-12H2,1-2H3/t17-,20+/m1/s1. The van der Waals surface area contributed by atoms with Gasteiger partial charge in [0.15, 0.2) is 0 Å². The lowest BCUT2D eigenvalue weighted by atomic mass is 9.87. The van der Waals surface area contributed by atoms with Gasteiger partial charge < -0.3 is 9.64 Å². The molecule has 3 aromatic rings. The van der Waals surface area contributed by atoms with Gasteiger partial charge in [-0.25, -0.2) is 4.79 Å². The van der Waals surface area contributed by atoms with Gasteiger partial charge in [-0.2, -0.15) is 39.5 Å². The molecule has 0 bridgehead atoms. The van der Waals surface area contributed by atoms with Crippen molar-refractivity contribution in [1.29, 1.82) is 0 Å². The van der Waals surface area contributed by atoms with E-state index in [4.69, 9.17) is 4.74 Å². The molecule has 2 heterocycles. The normalized spacial score (nSPS) is 17.5. The van der Waals surface area contributed by atoms with Crippen LogP contribution in [0.5, 0.6) is 0 Å². The fraction of sp³-hybridized carbons (Fsp3) is 0.440. The minimum atomic E-state index is -5.13. The van der Waals surface area contributed by atoms with Crippen molar-refractivity contribution in [3.8, 4) is 0 Å². The summed E-state index contributed by atoms with van der Waals surface area (Å²) < 4.78 is 129. The number of halogens is 10. The first-order valence-electron chi connectivity index (χ1n) is 12.6. The van der Waals surface area contributed by atoms with Crippen LogP contribution in [0.4, 0.5) is 55.9 Å². The van der Waals surface area contributed by atoms with E-state index in [2.05, 4.69) is 15.4 Å². The zero-order chi connectivity index (χ0) is 31.9. The molecule has 18 heteroatoms. The van der Waals surface area contributed by atoms with Crippen LogP contribution in [-0.2, 0) is 29.8 Å². The minimum absolute atomic E-state index is 0.0247. The fourth-order valence-corrected chi connectivity index (χ4v) is 5.21. The summed E-state index contributed by atoms with van der Waals surface area (Å²) in [5, 5.41) is 11.6. The SMILES string of the molecule is CCOC(=O)N1c2ccc(C(F)(F)F)cc2[C@@H](N(Cc2cc(C(F)(F)F)cc(C(F)(F)F)c2)c2nnn(I)n2)C[C@H]1CC. The Morgan fingerprint density at radius 1 is 0.953 bits per heavy atom. The number of aromatic nitrogens is 4. The molecule has 0 saturated heterocycles. The van der Waals surface area contributed by atoms with Crippen LogP contribution in [0.3, 0.4) is 0 Å². The predicted molar refractivity (Wildman–Crippen MR) is 142 cm³/mol. The van der Waals surface area contributed by atoms with E-state index in [0.717, 1.165) is 21.2 Å². The Balaban J connectivity index is 1.93. The van der Waals surface area contributed by atoms with Crippen LogP contribution in [0.25, 0.3) is 0 Å². The van der Waals surface area contributed by atoms with E-state index in [1.54, 1.807) is 36.7 Å². The van der Waals surface area contributed by atoms with Gasteiger partial charge in [0.2, 0.25) is 0 Å². The molecule has 1 aliphatic heterocycles. The average molecular weight is 736 g/mol. The van der Waals surface area contributed by atoms with Crippen molar-refractivity contribution in [3.05, 3.63) is 64.2 Å². The summed E-state index contributed by atoms with van der Waals surface area (Å²) >= 11 is 1.61. The second-order valence-electron chi connectivity index (χ2n) is 9.53. The van der Waals surface area contributed by atoms with Gasteiger partial charge in [0.1, 0.15) is 22.9 Å². The lowest BCUT2D eigenvalue weighted by Gasteiger charge is -2.43. The number of anilines is 2. The third kappa shape index (κ3) is 7.09. The number of ether oxygens (including phenoxy) is 1. The van der Waals surface area contributed by atoms with Gasteiger partial charge in [0.25, 0.3) is 5.95 Å². The first kappa shape index (κ1) is 32.6. The maximum absolute atomic E-state index is 13.8. The second kappa shape index (κ2) is 12.0. The molecule has 234 valence electrons. The van der Waals surface area contributed by atoms with Gasteiger partial charge in [-0.05, 0) is 72.5 Å². The van der Waals surface area contributed by atoms with Crippen molar-refractivity contribution in [3.63, 3.8) is 0 Å².